The van der Waals surface area contributed by atoms with Crippen LogP contribution in [-0.4, -0.2) is 37.8 Å². The van der Waals surface area contributed by atoms with E-state index in [2.05, 4.69) is 0 Å². The van der Waals surface area contributed by atoms with Crippen LogP contribution in [-0.2, 0) is 14.6 Å². The van der Waals surface area contributed by atoms with Crippen LogP contribution in [0.5, 0.6) is 0 Å². The minimum Gasteiger partial charge on any atom is -0.480 e. The van der Waals surface area contributed by atoms with Gasteiger partial charge >= 0.3 is 11.7 Å². The van der Waals surface area contributed by atoms with Gasteiger partial charge in [-0.25, -0.2) is 8.42 Å². The van der Waals surface area contributed by atoms with Gasteiger partial charge in [0.25, 0.3) is 0 Å². The molecule has 0 aliphatic carbocycles. The first-order chi connectivity index (χ1) is 9.16. The number of aliphatic carboxylic acids is 1. The monoisotopic (exact) mass is 307 g/mol. The molecule has 0 spiro atoms. The first kappa shape index (κ1) is 16.4. The molecular weight excluding hydrogens is 292 g/mol. The molecule has 0 fully saturated rings. The quantitative estimate of drug-likeness (QED) is 0.870. The average Bonchev–Trinajstić information content (AvgIpc) is 2.35. The maximum absolute atomic E-state index is 12.4. The van der Waals surface area contributed by atoms with Gasteiger partial charge in [-0.3, -0.25) is 4.79 Å². The lowest BCUT2D eigenvalue weighted by atomic mass is 10.2. The van der Waals surface area contributed by atoms with Crippen LogP contribution < -0.4 is 4.90 Å². The molecule has 0 saturated carbocycles. The Bertz CT molecular complexity index is 570. The van der Waals surface area contributed by atoms with Crippen molar-refractivity contribution in [3.05, 3.63) is 24.3 Å². The molecule has 0 aliphatic rings. The summed E-state index contributed by atoms with van der Waals surface area (Å²) in [6.07, 6.45) is 0. The number of carboxylic acid groups (broad SMARTS) is 1. The van der Waals surface area contributed by atoms with E-state index in [-0.39, 0.29) is 12.6 Å². The van der Waals surface area contributed by atoms with E-state index in [4.69, 9.17) is 5.11 Å². The molecule has 0 radical (unpaired) electrons. The number of alkyl halides is 2. The molecule has 0 atom stereocenters. The minimum absolute atomic E-state index is 0.136. The Hall–Kier alpha value is -1.70. The van der Waals surface area contributed by atoms with E-state index >= 15 is 0 Å². The largest absolute Gasteiger partial charge is 0.480 e. The molecule has 1 aromatic carbocycles. The first-order valence-electron chi connectivity index (χ1n) is 5.76. The van der Waals surface area contributed by atoms with Crippen molar-refractivity contribution in [1.29, 1.82) is 0 Å². The number of hydrogen-bond acceptors (Lipinski definition) is 4. The second kappa shape index (κ2) is 6.17. The summed E-state index contributed by atoms with van der Waals surface area (Å²) in [5.74, 6) is -4.52. The van der Waals surface area contributed by atoms with E-state index in [0.29, 0.717) is 5.69 Å². The number of anilines is 1. The van der Waals surface area contributed by atoms with Crippen LogP contribution in [0.15, 0.2) is 29.2 Å². The van der Waals surface area contributed by atoms with Crippen molar-refractivity contribution >= 4 is 21.5 Å². The summed E-state index contributed by atoms with van der Waals surface area (Å²) < 4.78 is 47.3. The Kier molecular flexibility index (Phi) is 5.04. The summed E-state index contributed by atoms with van der Waals surface area (Å²) in [6.45, 7) is 3.28. The topological polar surface area (TPSA) is 74.7 Å². The third-order valence-corrected chi connectivity index (χ3v) is 4.06. The van der Waals surface area contributed by atoms with E-state index in [0.717, 1.165) is 12.1 Å². The Balaban J connectivity index is 3.09. The maximum Gasteiger partial charge on any atom is 0.341 e. The normalized spacial score (nSPS) is 11.9. The first-order valence-corrected chi connectivity index (χ1v) is 7.31. The van der Waals surface area contributed by atoms with Gasteiger partial charge in [0.2, 0.25) is 9.84 Å². The molecule has 0 unspecified atom stereocenters. The van der Waals surface area contributed by atoms with Gasteiger partial charge in [0.15, 0.2) is 0 Å². The van der Waals surface area contributed by atoms with Crippen LogP contribution in [0.4, 0.5) is 14.5 Å². The number of carboxylic acids is 1. The van der Waals surface area contributed by atoms with E-state index in [9.17, 15) is 22.0 Å². The summed E-state index contributed by atoms with van der Waals surface area (Å²) in [4.78, 5) is 11.8. The van der Waals surface area contributed by atoms with Crippen molar-refractivity contribution in [2.75, 3.05) is 11.4 Å². The van der Waals surface area contributed by atoms with Gasteiger partial charge in [0, 0.05) is 11.7 Å². The van der Waals surface area contributed by atoms with Gasteiger partial charge in [0.05, 0.1) is 4.90 Å². The number of hydrogen-bond donors (Lipinski definition) is 1. The van der Waals surface area contributed by atoms with Crippen LogP contribution in [0.2, 0.25) is 0 Å². The molecule has 5 nitrogen and oxygen atoms in total. The third-order valence-electron chi connectivity index (χ3n) is 2.66. The van der Waals surface area contributed by atoms with Gasteiger partial charge < -0.3 is 10.0 Å². The lowest BCUT2D eigenvalue weighted by Crippen LogP contribution is -2.35. The highest BCUT2D eigenvalue weighted by Gasteiger charge is 2.26. The van der Waals surface area contributed by atoms with Crippen LogP contribution in [0.25, 0.3) is 0 Å². The van der Waals surface area contributed by atoms with Crippen molar-refractivity contribution < 1.29 is 27.1 Å². The molecule has 1 N–H and O–H groups in total. The van der Waals surface area contributed by atoms with E-state index in [1.807, 2.05) is 0 Å². The van der Waals surface area contributed by atoms with Crippen molar-refractivity contribution in [1.82, 2.24) is 0 Å². The highest BCUT2D eigenvalue weighted by molar-refractivity contribution is 7.91. The predicted octanol–water partition coefficient (Wildman–Crippen LogP) is 1.98. The summed E-state index contributed by atoms with van der Waals surface area (Å²) >= 11 is 0. The van der Waals surface area contributed by atoms with Gasteiger partial charge in [0.1, 0.15) is 6.54 Å². The van der Waals surface area contributed by atoms with Gasteiger partial charge in [-0.15, -0.1) is 0 Å². The zero-order valence-corrected chi connectivity index (χ0v) is 11.8. The Morgan fingerprint density at radius 2 is 1.75 bits per heavy atom. The second-order valence-electron chi connectivity index (χ2n) is 4.41. The van der Waals surface area contributed by atoms with Crippen molar-refractivity contribution in [2.45, 2.75) is 30.5 Å². The Morgan fingerprint density at radius 1 is 1.25 bits per heavy atom. The molecule has 1 aromatic rings. The summed E-state index contributed by atoms with van der Waals surface area (Å²) in [5.41, 5.74) is 0.454. The van der Waals surface area contributed by atoms with Crippen molar-refractivity contribution in [3.8, 4) is 0 Å². The zero-order valence-electron chi connectivity index (χ0n) is 11.0. The van der Waals surface area contributed by atoms with Gasteiger partial charge in [-0.1, -0.05) is 0 Å². The zero-order chi connectivity index (χ0) is 15.5. The average molecular weight is 307 g/mol. The molecule has 0 saturated heterocycles. The fraction of sp³-hybridized carbons (Fsp3) is 0.417. The molecule has 0 aromatic heterocycles. The van der Waals surface area contributed by atoms with Crippen LogP contribution in [0.3, 0.4) is 0 Å². The number of carbonyl (C=O) groups is 1. The summed E-state index contributed by atoms with van der Waals surface area (Å²) in [5, 5.41) is 8.81. The third kappa shape index (κ3) is 3.66. The number of nitrogens with zero attached hydrogens (tertiary/aromatic N) is 1. The standard InChI is InChI=1S/C12H15F2NO4S/c1-8(2)15(7-11(16)17)9-3-5-10(6-4-9)20(18,19)12(13)14/h3-6,8,12H,7H2,1-2H3,(H,16,17). The van der Waals surface area contributed by atoms with Crippen LogP contribution >= 0.6 is 0 Å². The van der Waals surface area contributed by atoms with E-state index < -0.39 is 26.5 Å². The minimum atomic E-state index is -4.63. The highest BCUT2D eigenvalue weighted by atomic mass is 32.2. The number of benzene rings is 1. The SMILES string of the molecule is CC(C)N(CC(=O)O)c1ccc(S(=O)(=O)C(F)F)cc1. The maximum atomic E-state index is 12.4. The van der Waals surface area contributed by atoms with Crippen LogP contribution in [0.1, 0.15) is 13.8 Å². The van der Waals surface area contributed by atoms with Gasteiger partial charge in [-0.05, 0) is 38.1 Å². The van der Waals surface area contributed by atoms with E-state index in [1.54, 1.807) is 13.8 Å². The lowest BCUT2D eigenvalue weighted by molar-refractivity contribution is -0.135. The molecule has 112 valence electrons. The molecule has 0 aliphatic heterocycles. The second-order valence-corrected chi connectivity index (χ2v) is 6.33. The number of sulfone groups is 1. The number of halogens is 2. The fourth-order valence-electron chi connectivity index (χ4n) is 1.65. The lowest BCUT2D eigenvalue weighted by Gasteiger charge is -2.27. The van der Waals surface area contributed by atoms with Crippen molar-refractivity contribution in [3.63, 3.8) is 0 Å². The molecule has 8 heteroatoms. The molecule has 1 rings (SSSR count). The summed E-state index contributed by atoms with van der Waals surface area (Å²) in [6, 6.07) is 4.60. The predicted molar refractivity (Wildman–Crippen MR) is 69.7 cm³/mol. The number of rotatable bonds is 6. The molecule has 0 amide bonds. The van der Waals surface area contributed by atoms with Crippen molar-refractivity contribution in [2.24, 2.45) is 0 Å². The Labute approximate surface area is 115 Å². The fourth-order valence-corrected chi connectivity index (χ4v) is 2.37. The van der Waals surface area contributed by atoms with Gasteiger partial charge in [-0.2, -0.15) is 8.78 Å². The Morgan fingerprint density at radius 3 is 2.10 bits per heavy atom. The summed E-state index contributed by atoms with van der Waals surface area (Å²) in [7, 11) is -4.63. The molecule has 0 heterocycles. The smallest absolute Gasteiger partial charge is 0.341 e. The van der Waals surface area contributed by atoms with E-state index in [1.165, 1.54) is 17.0 Å². The molecule has 0 bridgehead atoms. The van der Waals surface area contributed by atoms with Crippen LogP contribution in [0, 0.1) is 0 Å². The molecular formula is C12H15F2NO4S. The highest BCUT2D eigenvalue weighted by Crippen LogP contribution is 2.23. The molecule has 20 heavy (non-hydrogen) atoms.